The van der Waals surface area contributed by atoms with Crippen LogP contribution in [0.2, 0.25) is 5.02 Å². The van der Waals surface area contributed by atoms with E-state index in [0.29, 0.717) is 25.6 Å². The molecule has 0 saturated carbocycles. The van der Waals surface area contributed by atoms with Gasteiger partial charge in [-0.1, -0.05) is 18.5 Å². The Labute approximate surface area is 126 Å². The van der Waals surface area contributed by atoms with Gasteiger partial charge in [-0.05, 0) is 37.7 Å². The average molecular weight is 345 g/mol. The zero-order chi connectivity index (χ0) is 16.1. The van der Waals surface area contributed by atoms with E-state index in [2.05, 4.69) is 5.32 Å². The van der Waals surface area contributed by atoms with Crippen molar-refractivity contribution >= 4 is 27.3 Å². The van der Waals surface area contributed by atoms with Gasteiger partial charge in [-0.2, -0.15) is 13.2 Å². The fourth-order valence-electron chi connectivity index (χ4n) is 1.62. The van der Waals surface area contributed by atoms with Crippen molar-refractivity contribution in [1.82, 2.24) is 5.32 Å². The molecule has 0 spiro atoms. The van der Waals surface area contributed by atoms with E-state index in [9.17, 15) is 21.6 Å². The fraction of sp³-hybridized carbons (Fsp3) is 0.500. The van der Waals surface area contributed by atoms with Gasteiger partial charge >= 0.3 is 6.18 Å². The predicted molar refractivity (Wildman–Crippen MR) is 77.0 cm³/mol. The lowest BCUT2D eigenvalue weighted by atomic mass is 10.2. The Bertz CT molecular complexity index is 576. The van der Waals surface area contributed by atoms with Crippen molar-refractivity contribution in [2.45, 2.75) is 19.5 Å². The van der Waals surface area contributed by atoms with Gasteiger partial charge in [0, 0.05) is 5.02 Å². The minimum atomic E-state index is -4.69. The molecule has 1 rings (SSSR count). The summed E-state index contributed by atoms with van der Waals surface area (Å²) in [5.41, 5.74) is -1.62. The molecule has 0 amide bonds. The number of anilines is 1. The third-order valence-electron chi connectivity index (χ3n) is 2.57. The van der Waals surface area contributed by atoms with Gasteiger partial charge in [-0.3, -0.25) is 4.72 Å². The highest BCUT2D eigenvalue weighted by Crippen LogP contribution is 2.36. The number of hydrogen-bond donors (Lipinski definition) is 2. The molecule has 0 fully saturated rings. The Morgan fingerprint density at radius 1 is 1.29 bits per heavy atom. The van der Waals surface area contributed by atoms with Crippen LogP contribution in [-0.2, 0) is 16.2 Å². The molecule has 0 heterocycles. The molecule has 2 N–H and O–H groups in total. The Balaban J connectivity index is 2.87. The van der Waals surface area contributed by atoms with E-state index < -0.39 is 27.5 Å². The first-order chi connectivity index (χ1) is 9.65. The molecule has 4 nitrogen and oxygen atoms in total. The van der Waals surface area contributed by atoms with Crippen LogP contribution in [0.25, 0.3) is 0 Å². The molecule has 0 aliphatic carbocycles. The van der Waals surface area contributed by atoms with Gasteiger partial charge in [0.2, 0.25) is 10.0 Å². The van der Waals surface area contributed by atoms with Crippen molar-refractivity contribution < 1.29 is 21.6 Å². The summed E-state index contributed by atoms with van der Waals surface area (Å²) >= 11 is 5.53. The maximum absolute atomic E-state index is 12.9. The molecular weight excluding hydrogens is 329 g/mol. The van der Waals surface area contributed by atoms with E-state index in [-0.39, 0.29) is 10.8 Å². The van der Waals surface area contributed by atoms with Gasteiger partial charge in [0.15, 0.2) is 0 Å². The summed E-state index contributed by atoms with van der Waals surface area (Å²) < 4.78 is 64.1. The average Bonchev–Trinajstić information content (AvgIpc) is 2.35. The first kappa shape index (κ1) is 18.1. The summed E-state index contributed by atoms with van der Waals surface area (Å²) in [7, 11) is -3.84. The van der Waals surface area contributed by atoms with E-state index in [1.807, 2.05) is 11.6 Å². The molecule has 0 bridgehead atoms. The third kappa shape index (κ3) is 6.11. The predicted octanol–water partition coefficient (Wildman–Crippen LogP) is 3.10. The van der Waals surface area contributed by atoms with Crippen LogP contribution in [0.1, 0.15) is 18.9 Å². The lowest BCUT2D eigenvalue weighted by Crippen LogP contribution is -2.23. The highest BCUT2D eigenvalue weighted by atomic mass is 35.5. The number of nitrogens with one attached hydrogen (secondary N) is 2. The number of sulfonamides is 1. The highest BCUT2D eigenvalue weighted by Gasteiger charge is 2.34. The molecular formula is C12H16ClF3N2O2S. The van der Waals surface area contributed by atoms with Crippen molar-refractivity contribution in [1.29, 1.82) is 0 Å². The lowest BCUT2D eigenvalue weighted by Gasteiger charge is -2.15. The lowest BCUT2D eigenvalue weighted by molar-refractivity contribution is -0.136. The molecule has 0 aromatic heterocycles. The number of hydrogen-bond acceptors (Lipinski definition) is 3. The minimum Gasteiger partial charge on any atom is -0.317 e. The smallest absolute Gasteiger partial charge is 0.317 e. The van der Waals surface area contributed by atoms with Crippen LogP contribution in [0.4, 0.5) is 18.9 Å². The molecule has 1 aromatic rings. The molecule has 0 atom stereocenters. The first-order valence-corrected chi connectivity index (χ1v) is 8.26. The highest BCUT2D eigenvalue weighted by molar-refractivity contribution is 7.92. The Hall–Kier alpha value is -0.990. The number of halogens is 4. The molecule has 120 valence electrons. The fourth-order valence-corrected chi connectivity index (χ4v) is 2.93. The normalized spacial score (nSPS) is 12.4. The van der Waals surface area contributed by atoms with Crippen molar-refractivity contribution in [2.24, 2.45) is 0 Å². The molecule has 0 unspecified atom stereocenters. The van der Waals surface area contributed by atoms with E-state index >= 15 is 0 Å². The van der Waals surface area contributed by atoms with Crippen LogP contribution < -0.4 is 10.0 Å². The first-order valence-electron chi connectivity index (χ1n) is 6.23. The second-order valence-electron chi connectivity index (χ2n) is 4.32. The summed E-state index contributed by atoms with van der Waals surface area (Å²) in [6.07, 6.45) is -4.38. The Morgan fingerprint density at radius 2 is 1.95 bits per heavy atom. The number of alkyl halides is 3. The Morgan fingerprint density at radius 3 is 2.52 bits per heavy atom. The van der Waals surface area contributed by atoms with Crippen molar-refractivity contribution in [3.63, 3.8) is 0 Å². The summed E-state index contributed by atoms with van der Waals surface area (Å²) in [6, 6.07) is 2.90. The maximum atomic E-state index is 12.9. The second kappa shape index (κ2) is 7.33. The molecule has 0 radical (unpaired) electrons. The zero-order valence-corrected chi connectivity index (χ0v) is 12.9. The van der Waals surface area contributed by atoms with Crippen LogP contribution in [0.3, 0.4) is 0 Å². The van der Waals surface area contributed by atoms with Gasteiger partial charge in [0.25, 0.3) is 0 Å². The van der Waals surface area contributed by atoms with Gasteiger partial charge in [0.1, 0.15) is 0 Å². The number of benzene rings is 1. The molecule has 0 saturated heterocycles. The van der Waals surface area contributed by atoms with Crippen LogP contribution in [0, 0.1) is 0 Å². The van der Waals surface area contributed by atoms with Gasteiger partial charge in [-0.15, -0.1) is 0 Å². The quantitative estimate of drug-likeness (QED) is 0.747. The second-order valence-corrected chi connectivity index (χ2v) is 6.59. The van der Waals surface area contributed by atoms with E-state index in [1.165, 1.54) is 6.07 Å². The van der Waals surface area contributed by atoms with Gasteiger partial charge < -0.3 is 5.32 Å². The van der Waals surface area contributed by atoms with Crippen molar-refractivity contribution in [3.05, 3.63) is 28.8 Å². The van der Waals surface area contributed by atoms with Crippen LogP contribution in [0.5, 0.6) is 0 Å². The van der Waals surface area contributed by atoms with Gasteiger partial charge in [0.05, 0.1) is 17.0 Å². The van der Waals surface area contributed by atoms with Crippen LogP contribution in [-0.4, -0.2) is 27.3 Å². The van der Waals surface area contributed by atoms with E-state index in [0.717, 1.165) is 6.07 Å². The monoisotopic (exact) mass is 344 g/mol. The van der Waals surface area contributed by atoms with Crippen LogP contribution in [0.15, 0.2) is 18.2 Å². The zero-order valence-electron chi connectivity index (χ0n) is 11.3. The Kier molecular flexibility index (Phi) is 6.30. The summed E-state index contributed by atoms with van der Waals surface area (Å²) in [4.78, 5) is 0. The van der Waals surface area contributed by atoms with Crippen molar-refractivity contribution in [2.75, 3.05) is 23.6 Å². The summed E-state index contributed by atoms with van der Waals surface area (Å²) in [6.45, 7) is 3.04. The minimum absolute atomic E-state index is 0.114. The van der Waals surface area contributed by atoms with Crippen LogP contribution >= 0.6 is 11.6 Å². The summed E-state index contributed by atoms with van der Waals surface area (Å²) in [5, 5.41) is 2.82. The third-order valence-corrected chi connectivity index (χ3v) is 4.16. The molecule has 21 heavy (non-hydrogen) atoms. The van der Waals surface area contributed by atoms with Crippen molar-refractivity contribution in [3.8, 4) is 0 Å². The molecule has 0 aliphatic rings. The van der Waals surface area contributed by atoms with Gasteiger partial charge in [-0.25, -0.2) is 8.42 Å². The molecule has 1 aromatic carbocycles. The number of rotatable bonds is 7. The topological polar surface area (TPSA) is 58.2 Å². The largest absolute Gasteiger partial charge is 0.418 e. The SMILES string of the molecule is CCNCCCS(=O)(=O)Nc1ccc(Cl)cc1C(F)(F)F. The van der Waals surface area contributed by atoms with E-state index in [4.69, 9.17) is 11.6 Å². The summed E-state index contributed by atoms with van der Waals surface area (Å²) in [5.74, 6) is -0.264. The molecule has 9 heteroatoms. The standard InChI is InChI=1S/C12H16ClF3N2O2S/c1-2-17-6-3-7-21(19,20)18-11-5-4-9(13)8-10(11)12(14,15)16/h4-5,8,17-18H,2-3,6-7H2,1H3. The maximum Gasteiger partial charge on any atom is 0.418 e. The van der Waals surface area contributed by atoms with E-state index in [1.54, 1.807) is 0 Å². The molecule has 0 aliphatic heterocycles.